The van der Waals surface area contributed by atoms with E-state index in [2.05, 4.69) is 41.4 Å². The van der Waals surface area contributed by atoms with Crippen LogP contribution in [0.15, 0.2) is 90.8 Å². The summed E-state index contributed by atoms with van der Waals surface area (Å²) in [6.07, 6.45) is 11.5. The molecule has 3 heteroatoms. The van der Waals surface area contributed by atoms with Crippen molar-refractivity contribution in [2.24, 2.45) is 5.92 Å². The second-order valence-corrected chi connectivity index (χ2v) is 7.78. The van der Waals surface area contributed by atoms with E-state index >= 15 is 0 Å². The Kier molecular flexibility index (Phi) is 9.31. The van der Waals surface area contributed by atoms with E-state index in [0.29, 0.717) is 6.42 Å². The van der Waals surface area contributed by atoms with Gasteiger partial charge in [0.05, 0.1) is 0 Å². The Hall–Kier alpha value is -3.13. The second kappa shape index (κ2) is 12.7. The summed E-state index contributed by atoms with van der Waals surface area (Å²) in [6.45, 7) is 4.12. The van der Waals surface area contributed by atoms with Gasteiger partial charge in [-0.2, -0.15) is 0 Å². The molecule has 1 saturated carbocycles. The molecular weight excluding hydrogens is 394 g/mol. The topological polar surface area (TPSA) is 38.3 Å². The van der Waals surface area contributed by atoms with Gasteiger partial charge in [0, 0.05) is 18.1 Å². The van der Waals surface area contributed by atoms with Crippen LogP contribution in [-0.2, 0) is 9.53 Å². The molecule has 4 rings (SSSR count). The van der Waals surface area contributed by atoms with Crippen molar-refractivity contribution in [2.45, 2.75) is 45.8 Å². The maximum atomic E-state index is 12.1. The fourth-order valence-electron chi connectivity index (χ4n) is 3.49. The van der Waals surface area contributed by atoms with E-state index < -0.39 is 6.23 Å². The summed E-state index contributed by atoms with van der Waals surface area (Å²) >= 11 is 0. The molecule has 0 bridgehead atoms. The molecule has 2 aromatic carbocycles. The molecule has 0 radical (unpaired) electrons. The quantitative estimate of drug-likeness (QED) is 0.485. The third-order valence-electron chi connectivity index (χ3n) is 5.37. The van der Waals surface area contributed by atoms with Crippen LogP contribution in [0.4, 0.5) is 0 Å². The maximum Gasteiger partial charge on any atom is 0.158 e. The van der Waals surface area contributed by atoms with E-state index in [9.17, 15) is 4.79 Å². The highest BCUT2D eigenvalue weighted by molar-refractivity contribution is 6.05. The minimum absolute atomic E-state index is 0.121. The van der Waals surface area contributed by atoms with Crippen molar-refractivity contribution < 1.29 is 9.53 Å². The van der Waals surface area contributed by atoms with Crippen LogP contribution >= 0.6 is 0 Å². The van der Waals surface area contributed by atoms with Gasteiger partial charge >= 0.3 is 0 Å². The average Bonchev–Trinajstić information content (AvgIpc) is 3.67. The molecule has 1 unspecified atom stereocenters. The number of benzene rings is 2. The summed E-state index contributed by atoms with van der Waals surface area (Å²) < 4.78 is 5.85. The van der Waals surface area contributed by atoms with Crippen LogP contribution in [0.1, 0.15) is 50.7 Å². The molecule has 1 atom stereocenters. The lowest BCUT2D eigenvalue weighted by molar-refractivity contribution is -0.125. The van der Waals surface area contributed by atoms with E-state index in [1.165, 1.54) is 12.8 Å². The third kappa shape index (κ3) is 7.23. The van der Waals surface area contributed by atoms with E-state index in [-0.39, 0.29) is 12.4 Å². The monoisotopic (exact) mass is 427 g/mol. The van der Waals surface area contributed by atoms with Gasteiger partial charge in [0.15, 0.2) is 12.0 Å². The molecule has 32 heavy (non-hydrogen) atoms. The lowest BCUT2D eigenvalue weighted by Gasteiger charge is -2.13. The van der Waals surface area contributed by atoms with Gasteiger partial charge in [-0.25, -0.2) is 0 Å². The summed E-state index contributed by atoms with van der Waals surface area (Å²) in [7, 11) is 0. The summed E-state index contributed by atoms with van der Waals surface area (Å²) in [5.41, 5.74) is 7.72. The predicted octanol–water partition coefficient (Wildman–Crippen LogP) is 6.55. The lowest BCUT2D eigenvalue weighted by atomic mass is 9.92. The van der Waals surface area contributed by atoms with Crippen molar-refractivity contribution in [1.82, 2.24) is 5.32 Å². The first-order chi connectivity index (χ1) is 15.8. The normalized spacial score (nSPS) is 20.1. The molecule has 1 N–H and O–H groups in total. The van der Waals surface area contributed by atoms with Crippen molar-refractivity contribution >= 4 is 16.9 Å². The molecule has 1 aliphatic carbocycles. The van der Waals surface area contributed by atoms with Crippen LogP contribution in [0.25, 0.3) is 11.1 Å². The number of carbonyl (C=O) groups is 1. The molecule has 3 nitrogen and oxygen atoms in total. The third-order valence-corrected chi connectivity index (χ3v) is 5.37. The highest BCUT2D eigenvalue weighted by Gasteiger charge is 2.22. The van der Waals surface area contributed by atoms with Crippen molar-refractivity contribution in [3.63, 3.8) is 0 Å². The Morgan fingerprint density at radius 3 is 2.31 bits per heavy atom. The molecule has 0 aromatic heterocycles. The Balaban J connectivity index is 0.00000141. The lowest BCUT2D eigenvalue weighted by Crippen LogP contribution is -2.27. The summed E-state index contributed by atoms with van der Waals surface area (Å²) in [5, 5.41) is 3.21. The first-order valence-corrected chi connectivity index (χ1v) is 11.6. The number of hydrogen-bond donors (Lipinski definition) is 1. The molecule has 1 heterocycles. The Morgan fingerprint density at radius 1 is 1.00 bits per heavy atom. The van der Waals surface area contributed by atoms with Crippen molar-refractivity contribution in [1.29, 1.82) is 0 Å². The number of ketones is 1. The van der Waals surface area contributed by atoms with Crippen LogP contribution in [0.2, 0.25) is 0 Å². The van der Waals surface area contributed by atoms with Gasteiger partial charge in [-0.1, -0.05) is 93.4 Å². The van der Waals surface area contributed by atoms with Crippen molar-refractivity contribution in [3.8, 4) is 0 Å². The largest absolute Gasteiger partial charge is 0.362 e. The molecule has 0 amide bonds. The standard InChI is InChI=1S/C27H27NO2.C2H6/c29-24(16-15-21-13-14-21)20-30-27-18-17-26(23-10-5-2-6-11-23)25(12-7-19-28-27)22-8-3-1-4-9-22;1-2/h1-12,18-19,21,27-28H,13-16,20H2;1-2H3/b19-7+,25-12+;. The zero-order valence-electron chi connectivity index (χ0n) is 19.1. The Bertz CT molecular complexity index is 978. The number of Topliss-reactive ketones (excluding diaryl/α,β-unsaturated/α-hetero) is 1. The number of hydrogen-bond acceptors (Lipinski definition) is 3. The minimum atomic E-state index is -0.409. The number of rotatable bonds is 8. The van der Waals surface area contributed by atoms with Gasteiger partial charge in [-0.15, -0.1) is 5.73 Å². The Morgan fingerprint density at radius 2 is 1.66 bits per heavy atom. The van der Waals surface area contributed by atoms with Crippen LogP contribution in [0, 0.1) is 5.92 Å². The number of nitrogens with one attached hydrogen (secondary N) is 1. The van der Waals surface area contributed by atoms with E-state index in [0.717, 1.165) is 34.6 Å². The van der Waals surface area contributed by atoms with Crippen LogP contribution < -0.4 is 5.32 Å². The zero-order valence-corrected chi connectivity index (χ0v) is 19.1. The number of allylic oxidation sites excluding steroid dienone is 3. The second-order valence-electron chi connectivity index (χ2n) is 7.78. The van der Waals surface area contributed by atoms with E-state index in [4.69, 9.17) is 4.74 Å². The van der Waals surface area contributed by atoms with Gasteiger partial charge < -0.3 is 10.1 Å². The molecule has 2 aliphatic rings. The Labute approximate surface area is 192 Å². The molecular formula is C29H33NO2. The minimum Gasteiger partial charge on any atom is -0.362 e. The molecule has 0 spiro atoms. The maximum absolute atomic E-state index is 12.1. The van der Waals surface area contributed by atoms with E-state index in [1.807, 2.05) is 68.6 Å². The summed E-state index contributed by atoms with van der Waals surface area (Å²) in [6, 6.07) is 20.5. The SMILES string of the molecule is CC.O=C(CCC1CC1)COC1C=C=C(c2ccccc2)/C(c2ccccc2)=C/C=C/N1. The molecule has 1 aliphatic heterocycles. The van der Waals surface area contributed by atoms with Crippen LogP contribution in [0.3, 0.4) is 0 Å². The molecule has 0 saturated heterocycles. The van der Waals surface area contributed by atoms with Gasteiger partial charge in [-0.3, -0.25) is 4.79 Å². The van der Waals surface area contributed by atoms with Gasteiger partial charge in [0.1, 0.15) is 6.61 Å². The average molecular weight is 428 g/mol. The van der Waals surface area contributed by atoms with Crippen LogP contribution in [0.5, 0.6) is 0 Å². The van der Waals surface area contributed by atoms with Gasteiger partial charge in [0.2, 0.25) is 0 Å². The fraction of sp³-hybridized carbons (Fsp3) is 0.310. The first kappa shape index (κ1) is 23.5. The number of ether oxygens (including phenoxy) is 1. The molecule has 2 aromatic rings. The van der Waals surface area contributed by atoms with Gasteiger partial charge in [-0.05, 0) is 41.3 Å². The van der Waals surface area contributed by atoms with Gasteiger partial charge in [0.25, 0.3) is 0 Å². The molecule has 166 valence electrons. The first-order valence-electron chi connectivity index (χ1n) is 11.6. The van der Waals surface area contributed by atoms with Crippen molar-refractivity contribution in [3.05, 3.63) is 102 Å². The van der Waals surface area contributed by atoms with E-state index in [1.54, 1.807) is 0 Å². The zero-order chi connectivity index (χ0) is 22.6. The smallest absolute Gasteiger partial charge is 0.158 e. The highest BCUT2D eigenvalue weighted by Crippen LogP contribution is 2.33. The van der Waals surface area contributed by atoms with Crippen LogP contribution in [-0.4, -0.2) is 18.6 Å². The summed E-state index contributed by atoms with van der Waals surface area (Å²) in [4.78, 5) is 12.1. The summed E-state index contributed by atoms with van der Waals surface area (Å²) in [5.74, 6) is 0.926. The fourth-order valence-corrected chi connectivity index (χ4v) is 3.49. The number of carbonyl (C=O) groups excluding carboxylic acids is 1. The highest BCUT2D eigenvalue weighted by atomic mass is 16.5. The molecule has 1 fully saturated rings. The van der Waals surface area contributed by atoms with Crippen molar-refractivity contribution in [2.75, 3.05) is 6.61 Å². The predicted molar refractivity (Wildman–Crippen MR) is 133 cm³/mol.